The predicted molar refractivity (Wildman–Crippen MR) is 136 cm³/mol. The van der Waals surface area contributed by atoms with Gasteiger partial charge in [-0.3, -0.25) is 0 Å². The molecule has 3 aromatic rings. The maximum absolute atomic E-state index is 11.1. The third-order valence-electron chi connectivity index (χ3n) is 7.44. The molecule has 0 atom stereocenters. The van der Waals surface area contributed by atoms with E-state index in [2.05, 4.69) is 31.6 Å². The Morgan fingerprint density at radius 3 is 2.56 bits per heavy atom. The highest BCUT2D eigenvalue weighted by atomic mass is 16.5. The summed E-state index contributed by atoms with van der Waals surface area (Å²) < 4.78 is 8.36. The molecular formula is C27H32N6O3. The van der Waals surface area contributed by atoms with Crippen molar-refractivity contribution in [1.82, 2.24) is 19.4 Å². The van der Waals surface area contributed by atoms with Crippen LogP contribution in [0.5, 0.6) is 5.75 Å². The number of carbonyl (C=O) groups is 1. The van der Waals surface area contributed by atoms with E-state index in [0.29, 0.717) is 32.8 Å². The molecule has 2 fully saturated rings. The number of fused-ring (bicyclic) bond motifs is 1. The van der Waals surface area contributed by atoms with Crippen LogP contribution in [0, 0.1) is 17.2 Å². The number of aryl methyl sites for hydroxylation is 1. The number of carboxylic acid groups (broad SMARTS) is 1. The summed E-state index contributed by atoms with van der Waals surface area (Å²) in [6, 6.07) is 12.1. The summed E-state index contributed by atoms with van der Waals surface area (Å²) in [5.41, 5.74) is 2.89. The SMILES string of the molecule is N#Cc1ncc2cc(COc3ccc(N4CCN(C(=O)O)CC4)cc3)n(CCC3CCCCC3)c2n1. The van der Waals surface area contributed by atoms with Crippen molar-refractivity contribution >= 4 is 22.8 Å². The summed E-state index contributed by atoms with van der Waals surface area (Å²) >= 11 is 0. The van der Waals surface area contributed by atoms with Gasteiger partial charge < -0.3 is 24.2 Å². The fourth-order valence-corrected chi connectivity index (χ4v) is 5.37. The van der Waals surface area contributed by atoms with E-state index in [0.717, 1.165) is 47.0 Å². The Kier molecular flexibility index (Phi) is 7.21. The zero-order valence-corrected chi connectivity index (χ0v) is 20.5. The van der Waals surface area contributed by atoms with Gasteiger partial charge in [0, 0.05) is 50.0 Å². The third kappa shape index (κ3) is 5.38. The zero-order valence-electron chi connectivity index (χ0n) is 20.5. The van der Waals surface area contributed by atoms with Crippen molar-refractivity contribution in [3.05, 3.63) is 48.0 Å². The van der Waals surface area contributed by atoms with Crippen molar-refractivity contribution in [2.45, 2.75) is 51.7 Å². The second kappa shape index (κ2) is 10.9. The molecule has 188 valence electrons. The van der Waals surface area contributed by atoms with Crippen LogP contribution >= 0.6 is 0 Å². The fourth-order valence-electron chi connectivity index (χ4n) is 5.37. The minimum absolute atomic E-state index is 0.187. The number of amides is 1. The van der Waals surface area contributed by atoms with Gasteiger partial charge >= 0.3 is 6.09 Å². The first-order valence-electron chi connectivity index (χ1n) is 12.8. The van der Waals surface area contributed by atoms with Gasteiger partial charge in [-0.2, -0.15) is 5.26 Å². The van der Waals surface area contributed by atoms with Crippen molar-refractivity contribution in [2.24, 2.45) is 5.92 Å². The normalized spacial score (nSPS) is 16.8. The lowest BCUT2D eigenvalue weighted by atomic mass is 9.87. The molecule has 0 bridgehead atoms. The van der Waals surface area contributed by atoms with Gasteiger partial charge in [-0.15, -0.1) is 0 Å². The molecule has 0 unspecified atom stereocenters. The number of nitrogens with zero attached hydrogens (tertiary/aromatic N) is 6. The molecule has 1 aliphatic heterocycles. The minimum Gasteiger partial charge on any atom is -0.487 e. The number of nitriles is 1. The van der Waals surface area contributed by atoms with Gasteiger partial charge in [0.2, 0.25) is 5.82 Å². The van der Waals surface area contributed by atoms with Crippen LogP contribution in [-0.2, 0) is 13.2 Å². The van der Waals surface area contributed by atoms with Gasteiger partial charge in [0.25, 0.3) is 0 Å². The van der Waals surface area contributed by atoms with Crippen LogP contribution in [0.2, 0.25) is 0 Å². The highest BCUT2D eigenvalue weighted by molar-refractivity contribution is 5.77. The van der Waals surface area contributed by atoms with Crippen molar-refractivity contribution in [1.29, 1.82) is 5.26 Å². The Morgan fingerprint density at radius 1 is 1.11 bits per heavy atom. The highest BCUT2D eigenvalue weighted by Crippen LogP contribution is 2.29. The Morgan fingerprint density at radius 2 is 1.86 bits per heavy atom. The summed E-state index contributed by atoms with van der Waals surface area (Å²) in [5.74, 6) is 1.70. The summed E-state index contributed by atoms with van der Waals surface area (Å²) in [6.07, 6.45) is 8.54. The average molecular weight is 489 g/mol. The van der Waals surface area contributed by atoms with Crippen molar-refractivity contribution < 1.29 is 14.6 Å². The highest BCUT2D eigenvalue weighted by Gasteiger charge is 2.21. The maximum atomic E-state index is 11.1. The summed E-state index contributed by atoms with van der Waals surface area (Å²) in [5, 5.41) is 19.4. The second-order valence-electron chi connectivity index (χ2n) is 9.70. The molecule has 9 nitrogen and oxygen atoms in total. The lowest BCUT2D eigenvalue weighted by molar-refractivity contribution is 0.142. The number of hydrogen-bond acceptors (Lipinski definition) is 6. The zero-order chi connectivity index (χ0) is 24.9. The number of ether oxygens (including phenoxy) is 1. The first-order valence-corrected chi connectivity index (χ1v) is 12.8. The number of anilines is 1. The third-order valence-corrected chi connectivity index (χ3v) is 7.44. The van der Waals surface area contributed by atoms with E-state index in [1.54, 1.807) is 6.20 Å². The summed E-state index contributed by atoms with van der Waals surface area (Å²) in [7, 11) is 0. The minimum atomic E-state index is -0.857. The van der Waals surface area contributed by atoms with Crippen LogP contribution in [0.25, 0.3) is 11.0 Å². The monoisotopic (exact) mass is 488 g/mol. The van der Waals surface area contributed by atoms with Crippen LogP contribution in [-0.4, -0.2) is 56.8 Å². The van der Waals surface area contributed by atoms with Crippen LogP contribution in [0.4, 0.5) is 10.5 Å². The summed E-state index contributed by atoms with van der Waals surface area (Å²) in [6.45, 7) is 3.64. The van der Waals surface area contributed by atoms with Crippen molar-refractivity contribution in [3.63, 3.8) is 0 Å². The van der Waals surface area contributed by atoms with Crippen LogP contribution in [0.3, 0.4) is 0 Å². The van der Waals surface area contributed by atoms with Gasteiger partial charge in [0.15, 0.2) is 0 Å². The summed E-state index contributed by atoms with van der Waals surface area (Å²) in [4.78, 5) is 23.4. The quantitative estimate of drug-likeness (QED) is 0.516. The van der Waals surface area contributed by atoms with Crippen LogP contribution in [0.1, 0.15) is 50.0 Å². The lowest BCUT2D eigenvalue weighted by Crippen LogP contribution is -2.48. The maximum Gasteiger partial charge on any atom is 0.407 e. The van der Waals surface area contributed by atoms with E-state index in [1.165, 1.54) is 37.0 Å². The topological polar surface area (TPSA) is 108 Å². The van der Waals surface area contributed by atoms with E-state index in [9.17, 15) is 10.1 Å². The van der Waals surface area contributed by atoms with Crippen molar-refractivity contribution in [2.75, 3.05) is 31.1 Å². The molecule has 1 saturated carbocycles. The predicted octanol–water partition coefficient (Wildman–Crippen LogP) is 4.65. The molecular weight excluding hydrogens is 456 g/mol. The number of rotatable bonds is 7. The Bertz CT molecular complexity index is 1230. The molecule has 36 heavy (non-hydrogen) atoms. The number of aromatic nitrogens is 3. The first kappa shape index (κ1) is 23.9. The molecule has 1 aromatic carbocycles. The Labute approximate surface area is 210 Å². The van der Waals surface area contributed by atoms with E-state index in [1.807, 2.05) is 24.3 Å². The largest absolute Gasteiger partial charge is 0.487 e. The van der Waals surface area contributed by atoms with Crippen LogP contribution in [0.15, 0.2) is 36.5 Å². The van der Waals surface area contributed by atoms with Gasteiger partial charge in [-0.05, 0) is 42.7 Å². The molecule has 5 rings (SSSR count). The molecule has 3 heterocycles. The second-order valence-corrected chi connectivity index (χ2v) is 9.70. The number of benzene rings is 1. The van der Waals surface area contributed by atoms with Crippen molar-refractivity contribution in [3.8, 4) is 11.8 Å². The smallest absolute Gasteiger partial charge is 0.407 e. The van der Waals surface area contributed by atoms with Gasteiger partial charge in [-0.25, -0.2) is 14.8 Å². The first-order chi connectivity index (χ1) is 17.6. The number of piperazine rings is 1. The van der Waals surface area contributed by atoms with Crippen LogP contribution < -0.4 is 9.64 Å². The molecule has 1 saturated heterocycles. The van der Waals surface area contributed by atoms with E-state index >= 15 is 0 Å². The van der Waals surface area contributed by atoms with Gasteiger partial charge in [0.1, 0.15) is 24.1 Å². The molecule has 2 aliphatic rings. The average Bonchev–Trinajstić information content (AvgIpc) is 3.28. The lowest BCUT2D eigenvalue weighted by Gasteiger charge is -2.34. The Hall–Kier alpha value is -3.80. The molecule has 1 N–H and O–H groups in total. The molecule has 1 aliphatic carbocycles. The van der Waals surface area contributed by atoms with Gasteiger partial charge in [0.05, 0.1) is 5.69 Å². The van der Waals surface area contributed by atoms with E-state index in [-0.39, 0.29) is 5.82 Å². The van der Waals surface area contributed by atoms with Gasteiger partial charge in [-0.1, -0.05) is 32.1 Å². The standard InChI is InChI=1S/C27H32N6O3/c28-17-25-29-18-21-16-23(33(26(21)30-25)11-10-20-4-2-1-3-5-20)19-36-24-8-6-22(7-9-24)31-12-14-32(15-13-31)27(34)35/h6-9,16,18,20H,1-5,10-15,19H2,(H,34,35). The molecule has 0 spiro atoms. The van der Waals surface area contributed by atoms with E-state index in [4.69, 9.17) is 9.84 Å². The molecule has 0 radical (unpaired) electrons. The molecule has 9 heteroatoms. The number of hydrogen-bond donors (Lipinski definition) is 1. The Balaban J connectivity index is 1.27. The van der Waals surface area contributed by atoms with E-state index < -0.39 is 6.09 Å². The fraction of sp³-hybridized carbons (Fsp3) is 0.481. The molecule has 1 amide bonds. The molecule has 2 aromatic heterocycles.